The third-order valence-corrected chi connectivity index (χ3v) is 6.58. The summed E-state index contributed by atoms with van der Waals surface area (Å²) in [5.74, 6) is 0.0217. The monoisotopic (exact) mass is 441 g/mol. The van der Waals surface area contributed by atoms with Gasteiger partial charge in [-0.15, -0.1) is 0 Å². The molecule has 3 aromatic rings. The van der Waals surface area contributed by atoms with Gasteiger partial charge in [0.25, 0.3) is 0 Å². The number of nitrogens with zero attached hydrogens (tertiary/aromatic N) is 1. The number of morpholine rings is 1. The number of ketones is 1. The van der Waals surface area contributed by atoms with Crippen LogP contribution in [0.5, 0.6) is 0 Å². The van der Waals surface area contributed by atoms with Crippen LogP contribution >= 0.6 is 0 Å². The van der Waals surface area contributed by atoms with Crippen LogP contribution in [0, 0.1) is 5.92 Å². The molecule has 2 aliphatic heterocycles. The topological polar surface area (TPSA) is 55.8 Å². The Kier molecular flexibility index (Phi) is 6.22. The molecule has 0 aromatic heterocycles. The van der Waals surface area contributed by atoms with E-state index in [9.17, 15) is 9.59 Å². The summed E-state index contributed by atoms with van der Waals surface area (Å²) < 4.78 is 11.3. The van der Waals surface area contributed by atoms with E-state index in [1.807, 2.05) is 72.8 Å². The first-order valence-corrected chi connectivity index (χ1v) is 11.5. The van der Waals surface area contributed by atoms with Crippen molar-refractivity contribution in [2.75, 3.05) is 13.2 Å². The third kappa shape index (κ3) is 4.69. The first-order chi connectivity index (χ1) is 16.2. The minimum absolute atomic E-state index is 0.121. The Balaban J connectivity index is 1.24. The summed E-state index contributed by atoms with van der Waals surface area (Å²) in [6.07, 6.45) is 0.863. The van der Waals surface area contributed by atoms with E-state index in [4.69, 9.17) is 9.47 Å². The van der Waals surface area contributed by atoms with Crippen LogP contribution in [0.15, 0.2) is 84.9 Å². The number of piperidine rings is 1. The fraction of sp³-hybridized carbons (Fsp3) is 0.286. The minimum atomic E-state index is -0.324. The summed E-state index contributed by atoms with van der Waals surface area (Å²) in [6, 6.07) is 27.3. The van der Waals surface area contributed by atoms with Crippen LogP contribution < -0.4 is 0 Å². The molecule has 5 heteroatoms. The molecule has 3 aromatic carbocycles. The maximum absolute atomic E-state index is 13.3. The van der Waals surface area contributed by atoms with Gasteiger partial charge in [0.2, 0.25) is 0 Å². The highest BCUT2D eigenvalue weighted by molar-refractivity contribution is 5.98. The SMILES string of the molecule is O=C(c1ccc(-c2ccccc2)cc1)C1CC2COCC(C1)N2C(=O)OCc1ccccc1. The molecule has 2 saturated heterocycles. The number of hydrogen-bond donors (Lipinski definition) is 0. The van der Waals surface area contributed by atoms with Gasteiger partial charge in [-0.25, -0.2) is 4.79 Å². The number of carbonyl (C=O) groups is 2. The fourth-order valence-corrected chi connectivity index (χ4v) is 4.91. The van der Waals surface area contributed by atoms with Crippen LogP contribution in [0.4, 0.5) is 4.79 Å². The van der Waals surface area contributed by atoms with E-state index in [0.717, 1.165) is 22.3 Å². The molecule has 2 fully saturated rings. The van der Waals surface area contributed by atoms with Crippen LogP contribution in [-0.2, 0) is 16.1 Å². The Labute approximate surface area is 193 Å². The highest BCUT2D eigenvalue weighted by Crippen LogP contribution is 2.34. The van der Waals surface area contributed by atoms with Gasteiger partial charge in [0.1, 0.15) is 6.61 Å². The van der Waals surface area contributed by atoms with Crippen molar-refractivity contribution in [3.63, 3.8) is 0 Å². The summed E-state index contributed by atoms with van der Waals surface area (Å²) in [7, 11) is 0. The number of ether oxygens (including phenoxy) is 2. The molecule has 5 rings (SSSR count). The molecule has 2 aliphatic rings. The molecule has 0 radical (unpaired) electrons. The number of carbonyl (C=O) groups excluding carboxylic acids is 2. The lowest BCUT2D eigenvalue weighted by atomic mass is 9.80. The number of fused-ring (bicyclic) bond motifs is 2. The molecular formula is C28H27NO4. The Morgan fingerprint density at radius 2 is 1.36 bits per heavy atom. The quantitative estimate of drug-likeness (QED) is 0.501. The van der Waals surface area contributed by atoms with Gasteiger partial charge in [-0.3, -0.25) is 9.69 Å². The van der Waals surface area contributed by atoms with Gasteiger partial charge in [0, 0.05) is 11.5 Å². The Morgan fingerprint density at radius 1 is 0.788 bits per heavy atom. The van der Waals surface area contributed by atoms with Gasteiger partial charge in [-0.05, 0) is 29.5 Å². The van der Waals surface area contributed by atoms with E-state index >= 15 is 0 Å². The van der Waals surface area contributed by atoms with Crippen molar-refractivity contribution < 1.29 is 19.1 Å². The first-order valence-electron chi connectivity index (χ1n) is 11.5. The van der Waals surface area contributed by atoms with E-state index < -0.39 is 0 Å². The van der Waals surface area contributed by atoms with Crippen LogP contribution in [0.2, 0.25) is 0 Å². The van der Waals surface area contributed by atoms with Crippen molar-refractivity contribution in [2.24, 2.45) is 5.92 Å². The van der Waals surface area contributed by atoms with Crippen LogP contribution in [0.1, 0.15) is 28.8 Å². The average Bonchev–Trinajstić information content (AvgIpc) is 2.87. The Bertz CT molecular complexity index is 1080. The van der Waals surface area contributed by atoms with Gasteiger partial charge in [0.15, 0.2) is 5.78 Å². The molecule has 0 N–H and O–H groups in total. The number of rotatable bonds is 5. The number of hydrogen-bond acceptors (Lipinski definition) is 4. The average molecular weight is 442 g/mol. The minimum Gasteiger partial charge on any atom is -0.445 e. The molecule has 2 atom stereocenters. The molecule has 0 spiro atoms. The van der Waals surface area contributed by atoms with Crippen molar-refractivity contribution in [3.05, 3.63) is 96.1 Å². The fourth-order valence-electron chi connectivity index (χ4n) is 4.91. The third-order valence-electron chi connectivity index (χ3n) is 6.58. The predicted molar refractivity (Wildman–Crippen MR) is 126 cm³/mol. The number of benzene rings is 3. The predicted octanol–water partition coefficient (Wildman–Crippen LogP) is 5.35. The smallest absolute Gasteiger partial charge is 0.410 e. The Hall–Kier alpha value is -3.44. The zero-order valence-electron chi connectivity index (χ0n) is 18.4. The summed E-state index contributed by atoms with van der Waals surface area (Å²) in [5, 5.41) is 0. The zero-order chi connectivity index (χ0) is 22.6. The van der Waals surface area contributed by atoms with Crippen LogP contribution in [0.25, 0.3) is 11.1 Å². The molecule has 2 bridgehead atoms. The van der Waals surface area contributed by atoms with E-state index in [1.165, 1.54) is 0 Å². The van der Waals surface area contributed by atoms with E-state index in [0.29, 0.717) is 26.1 Å². The van der Waals surface area contributed by atoms with Gasteiger partial charge >= 0.3 is 6.09 Å². The summed E-state index contributed by atoms with van der Waals surface area (Å²) >= 11 is 0. The Morgan fingerprint density at radius 3 is 2.00 bits per heavy atom. The highest BCUT2D eigenvalue weighted by Gasteiger charge is 2.44. The van der Waals surface area contributed by atoms with Crippen molar-refractivity contribution in [3.8, 4) is 11.1 Å². The van der Waals surface area contributed by atoms with E-state index in [2.05, 4.69) is 12.1 Å². The maximum Gasteiger partial charge on any atom is 0.410 e. The molecule has 5 nitrogen and oxygen atoms in total. The van der Waals surface area contributed by atoms with Crippen molar-refractivity contribution in [1.82, 2.24) is 4.90 Å². The summed E-state index contributed by atoms with van der Waals surface area (Å²) in [4.78, 5) is 28.0. The van der Waals surface area contributed by atoms with Crippen LogP contribution in [-0.4, -0.2) is 42.1 Å². The lowest BCUT2D eigenvalue weighted by Crippen LogP contribution is -2.59. The maximum atomic E-state index is 13.3. The van der Waals surface area contributed by atoms with Gasteiger partial charge in [-0.2, -0.15) is 0 Å². The van der Waals surface area contributed by atoms with Gasteiger partial charge in [-0.1, -0.05) is 84.9 Å². The van der Waals surface area contributed by atoms with Crippen molar-refractivity contribution >= 4 is 11.9 Å². The second kappa shape index (κ2) is 9.59. The van der Waals surface area contributed by atoms with Gasteiger partial charge < -0.3 is 9.47 Å². The van der Waals surface area contributed by atoms with Crippen LogP contribution in [0.3, 0.4) is 0 Å². The standard InChI is InChI=1S/C28H27NO4/c30-27(23-13-11-22(12-14-23)21-9-5-2-6-10-21)24-15-25-18-32-19-26(16-24)29(25)28(31)33-17-20-7-3-1-4-8-20/h1-14,24-26H,15-19H2. The molecule has 0 aliphatic carbocycles. The van der Waals surface area contributed by atoms with E-state index in [1.54, 1.807) is 4.90 Å². The zero-order valence-corrected chi connectivity index (χ0v) is 18.4. The lowest BCUT2D eigenvalue weighted by molar-refractivity contribution is -0.0755. The molecule has 0 saturated carbocycles. The summed E-state index contributed by atoms with van der Waals surface area (Å²) in [6.45, 7) is 1.12. The lowest BCUT2D eigenvalue weighted by Gasteiger charge is -2.47. The van der Waals surface area contributed by atoms with E-state index in [-0.39, 0.29) is 36.5 Å². The van der Waals surface area contributed by atoms with Crippen molar-refractivity contribution in [2.45, 2.75) is 31.5 Å². The first kappa shape index (κ1) is 21.4. The molecule has 1 amide bonds. The summed E-state index contributed by atoms with van der Waals surface area (Å²) in [5.41, 5.74) is 3.90. The molecule has 2 unspecified atom stereocenters. The molecule has 33 heavy (non-hydrogen) atoms. The molecule has 168 valence electrons. The normalized spacial score (nSPS) is 21.9. The second-order valence-corrected chi connectivity index (χ2v) is 8.77. The van der Waals surface area contributed by atoms with Crippen molar-refractivity contribution in [1.29, 1.82) is 0 Å². The second-order valence-electron chi connectivity index (χ2n) is 8.77. The number of Topliss-reactive ketones (excluding diaryl/α,β-unsaturated/α-hetero) is 1. The molecular weight excluding hydrogens is 414 g/mol. The number of amides is 1. The molecule has 2 heterocycles. The largest absolute Gasteiger partial charge is 0.445 e. The highest BCUT2D eigenvalue weighted by atomic mass is 16.6. The van der Waals surface area contributed by atoms with Gasteiger partial charge in [0.05, 0.1) is 25.3 Å².